The quantitative estimate of drug-likeness (QED) is 0.800. The molecule has 1 aromatic carbocycles. The predicted molar refractivity (Wildman–Crippen MR) is 65.7 cm³/mol. The van der Waals surface area contributed by atoms with Gasteiger partial charge in [0, 0.05) is 17.9 Å². The Morgan fingerprint density at radius 1 is 1.07 bits per heavy atom. The first-order valence-corrected chi connectivity index (χ1v) is 5.76. The molecule has 0 unspecified atom stereocenters. The molecule has 1 aliphatic rings. The molecule has 15 heavy (non-hydrogen) atoms. The summed E-state index contributed by atoms with van der Waals surface area (Å²) in [7, 11) is 0. The number of aliphatic imine (C=N–C) groups is 1. The van der Waals surface area contributed by atoms with Crippen LogP contribution in [0.1, 0.15) is 25.7 Å². The highest BCUT2D eigenvalue weighted by Gasteiger charge is 2.03. The summed E-state index contributed by atoms with van der Waals surface area (Å²) < 4.78 is 0. The van der Waals surface area contributed by atoms with Gasteiger partial charge in [-0.1, -0.05) is 24.6 Å². The molecule has 0 fully saturated rings. The van der Waals surface area contributed by atoms with Gasteiger partial charge in [0.1, 0.15) is 0 Å². The summed E-state index contributed by atoms with van der Waals surface area (Å²) in [6.07, 6.45) is 5.06. The molecular formula is C13H18N2. The van der Waals surface area contributed by atoms with Crippen LogP contribution in [0.4, 0.5) is 5.69 Å². The molecule has 1 aliphatic heterocycles. The largest absolute Gasteiger partial charge is 0.380 e. The van der Waals surface area contributed by atoms with E-state index in [0.29, 0.717) is 0 Å². The first-order chi connectivity index (χ1) is 7.45. The van der Waals surface area contributed by atoms with Gasteiger partial charge in [-0.3, -0.25) is 4.99 Å². The first kappa shape index (κ1) is 10.2. The topological polar surface area (TPSA) is 24.4 Å². The lowest BCUT2D eigenvalue weighted by Gasteiger charge is -2.07. The lowest BCUT2D eigenvalue weighted by molar-refractivity contribution is 0.731. The van der Waals surface area contributed by atoms with Gasteiger partial charge in [0.2, 0.25) is 0 Å². The molecule has 1 heterocycles. The molecule has 0 amide bonds. The van der Waals surface area contributed by atoms with E-state index in [0.717, 1.165) is 13.1 Å². The van der Waals surface area contributed by atoms with Gasteiger partial charge in [-0.15, -0.1) is 0 Å². The van der Waals surface area contributed by atoms with Crippen molar-refractivity contribution in [3.05, 3.63) is 30.3 Å². The van der Waals surface area contributed by atoms with Crippen LogP contribution in [0.5, 0.6) is 0 Å². The normalized spacial score (nSPS) is 16.7. The third-order valence-electron chi connectivity index (χ3n) is 2.73. The van der Waals surface area contributed by atoms with Gasteiger partial charge in [-0.2, -0.15) is 0 Å². The molecule has 0 bridgehead atoms. The molecule has 0 atom stereocenters. The van der Waals surface area contributed by atoms with E-state index in [9.17, 15) is 0 Å². The van der Waals surface area contributed by atoms with E-state index >= 15 is 0 Å². The lowest BCUT2D eigenvalue weighted by Crippen LogP contribution is -2.13. The fraction of sp³-hybridized carbons (Fsp3) is 0.462. The Morgan fingerprint density at radius 3 is 2.80 bits per heavy atom. The van der Waals surface area contributed by atoms with Crippen LogP contribution >= 0.6 is 0 Å². The fourth-order valence-corrected chi connectivity index (χ4v) is 1.84. The van der Waals surface area contributed by atoms with Crippen molar-refractivity contribution in [3.63, 3.8) is 0 Å². The summed E-state index contributed by atoms with van der Waals surface area (Å²) >= 11 is 0. The summed E-state index contributed by atoms with van der Waals surface area (Å²) in [5.41, 5.74) is 2.51. The number of nitrogens with zero attached hydrogens (tertiary/aromatic N) is 1. The van der Waals surface area contributed by atoms with Crippen molar-refractivity contribution >= 4 is 11.4 Å². The highest BCUT2D eigenvalue weighted by Crippen LogP contribution is 2.09. The molecule has 0 radical (unpaired) electrons. The number of rotatable bonds is 3. The third kappa shape index (κ3) is 3.39. The molecule has 0 spiro atoms. The average Bonchev–Trinajstić information content (AvgIpc) is 2.56. The highest BCUT2D eigenvalue weighted by atomic mass is 14.9. The summed E-state index contributed by atoms with van der Waals surface area (Å²) in [5, 5.41) is 3.41. The zero-order chi connectivity index (χ0) is 10.3. The van der Waals surface area contributed by atoms with E-state index in [4.69, 9.17) is 0 Å². The monoisotopic (exact) mass is 202 g/mol. The number of para-hydroxylation sites is 1. The number of hydrogen-bond acceptors (Lipinski definition) is 2. The van der Waals surface area contributed by atoms with E-state index in [-0.39, 0.29) is 0 Å². The van der Waals surface area contributed by atoms with Crippen molar-refractivity contribution in [2.75, 3.05) is 18.4 Å². The van der Waals surface area contributed by atoms with E-state index in [2.05, 4.69) is 34.6 Å². The van der Waals surface area contributed by atoms with E-state index in [1.807, 2.05) is 6.07 Å². The number of anilines is 1. The maximum Gasteiger partial charge on any atom is 0.0529 e. The zero-order valence-electron chi connectivity index (χ0n) is 9.08. The second-order valence-electron chi connectivity index (χ2n) is 3.98. The van der Waals surface area contributed by atoms with Gasteiger partial charge in [0.25, 0.3) is 0 Å². The molecule has 2 heteroatoms. The van der Waals surface area contributed by atoms with Crippen LogP contribution < -0.4 is 5.32 Å². The summed E-state index contributed by atoms with van der Waals surface area (Å²) in [5.74, 6) is 0. The summed E-state index contributed by atoms with van der Waals surface area (Å²) in [4.78, 5) is 4.59. The molecule has 2 nitrogen and oxygen atoms in total. The lowest BCUT2D eigenvalue weighted by atomic mass is 10.1. The van der Waals surface area contributed by atoms with Crippen molar-refractivity contribution in [3.8, 4) is 0 Å². The molecule has 0 aromatic heterocycles. The minimum absolute atomic E-state index is 0.907. The van der Waals surface area contributed by atoms with Crippen LogP contribution in [0.25, 0.3) is 0 Å². The van der Waals surface area contributed by atoms with Gasteiger partial charge < -0.3 is 5.32 Å². The summed E-state index contributed by atoms with van der Waals surface area (Å²) in [6.45, 7) is 1.93. The third-order valence-corrected chi connectivity index (χ3v) is 2.73. The van der Waals surface area contributed by atoms with Crippen LogP contribution in [0.2, 0.25) is 0 Å². The van der Waals surface area contributed by atoms with Gasteiger partial charge in [0.15, 0.2) is 0 Å². The van der Waals surface area contributed by atoms with E-state index in [1.54, 1.807) is 0 Å². The first-order valence-electron chi connectivity index (χ1n) is 5.76. The Hall–Kier alpha value is -1.31. The van der Waals surface area contributed by atoms with Crippen molar-refractivity contribution < 1.29 is 0 Å². The Bertz CT molecular complexity index is 317. The Balaban J connectivity index is 1.84. The molecule has 0 saturated carbocycles. The second-order valence-corrected chi connectivity index (χ2v) is 3.98. The number of hydrogen-bond donors (Lipinski definition) is 1. The number of nitrogens with one attached hydrogen (secondary N) is 1. The molecular weight excluding hydrogens is 184 g/mol. The van der Waals surface area contributed by atoms with Crippen molar-refractivity contribution in [2.24, 2.45) is 4.99 Å². The van der Waals surface area contributed by atoms with Crippen LogP contribution in [0, 0.1) is 0 Å². The second kappa shape index (κ2) is 5.54. The molecule has 1 N–H and O–H groups in total. The van der Waals surface area contributed by atoms with Gasteiger partial charge in [-0.25, -0.2) is 0 Å². The highest BCUT2D eigenvalue weighted by molar-refractivity contribution is 5.88. The molecule has 1 aromatic rings. The van der Waals surface area contributed by atoms with Crippen LogP contribution in [-0.4, -0.2) is 18.8 Å². The van der Waals surface area contributed by atoms with Crippen molar-refractivity contribution in [1.82, 2.24) is 0 Å². The minimum atomic E-state index is 0.907. The molecule has 80 valence electrons. The van der Waals surface area contributed by atoms with E-state index < -0.39 is 0 Å². The summed E-state index contributed by atoms with van der Waals surface area (Å²) in [6, 6.07) is 10.3. The Labute approximate surface area is 91.4 Å². The van der Waals surface area contributed by atoms with Crippen molar-refractivity contribution in [2.45, 2.75) is 25.7 Å². The standard InChI is InChI=1S/C13H18N2/c1-3-7-12(8-4-1)15-11-13-9-5-2-6-10-14-13/h1,3-4,7-8,15H,2,5-6,9-11H2. The molecule has 0 saturated heterocycles. The van der Waals surface area contributed by atoms with Crippen LogP contribution in [-0.2, 0) is 0 Å². The maximum absolute atomic E-state index is 4.59. The molecule has 2 rings (SSSR count). The van der Waals surface area contributed by atoms with Crippen LogP contribution in [0.3, 0.4) is 0 Å². The average molecular weight is 202 g/mol. The van der Waals surface area contributed by atoms with Crippen molar-refractivity contribution in [1.29, 1.82) is 0 Å². The van der Waals surface area contributed by atoms with Gasteiger partial charge in [-0.05, 0) is 31.4 Å². The Kier molecular flexibility index (Phi) is 3.77. The minimum Gasteiger partial charge on any atom is -0.380 e. The number of benzene rings is 1. The maximum atomic E-state index is 4.59. The Morgan fingerprint density at radius 2 is 1.93 bits per heavy atom. The smallest absolute Gasteiger partial charge is 0.0529 e. The van der Waals surface area contributed by atoms with Crippen LogP contribution in [0.15, 0.2) is 35.3 Å². The predicted octanol–water partition coefficient (Wildman–Crippen LogP) is 3.11. The molecule has 0 aliphatic carbocycles. The van der Waals surface area contributed by atoms with Gasteiger partial charge in [0.05, 0.1) is 6.54 Å². The zero-order valence-corrected chi connectivity index (χ0v) is 9.08. The fourth-order valence-electron chi connectivity index (χ4n) is 1.84. The van der Waals surface area contributed by atoms with E-state index in [1.165, 1.54) is 37.1 Å². The SMILES string of the molecule is c1ccc(NCC2=NCCCCC2)cc1. The van der Waals surface area contributed by atoms with Gasteiger partial charge >= 0.3 is 0 Å².